The molecule has 0 amide bonds. The molecule has 0 aliphatic carbocycles. The number of hydrogen-bond acceptors (Lipinski definition) is 8. The smallest absolute Gasteiger partial charge is 0.229 e. The Bertz CT molecular complexity index is 838. The standard InChI is InChI=1S/C23H30O8/c1-3-29-17-8-5-14(6-9-17)10-16-7-4-15(12-24)11-18(16)30-23-21(28)19(26)20(27)22(31-23)13(2)25/h4-9,11,13,19-28H,3,10,12H2,1-2H3/t13-,19+,20+,21-,22-,23-/m1/s1. The molecule has 2 aromatic carbocycles. The summed E-state index contributed by atoms with van der Waals surface area (Å²) in [5, 5.41) is 49.9. The van der Waals surface area contributed by atoms with Crippen molar-refractivity contribution < 1.29 is 39.7 Å². The van der Waals surface area contributed by atoms with Crippen LogP contribution in [0.1, 0.15) is 30.5 Å². The topological polar surface area (TPSA) is 129 Å². The van der Waals surface area contributed by atoms with Gasteiger partial charge in [0.25, 0.3) is 0 Å². The van der Waals surface area contributed by atoms with E-state index in [1.807, 2.05) is 37.3 Å². The molecular formula is C23H30O8. The highest BCUT2D eigenvalue weighted by Gasteiger charge is 2.46. The van der Waals surface area contributed by atoms with Gasteiger partial charge in [0, 0.05) is 6.42 Å². The van der Waals surface area contributed by atoms with Crippen molar-refractivity contribution in [3.8, 4) is 11.5 Å². The molecule has 1 saturated heterocycles. The summed E-state index contributed by atoms with van der Waals surface area (Å²) in [6, 6.07) is 12.8. The van der Waals surface area contributed by atoms with Crippen molar-refractivity contribution in [2.45, 2.75) is 63.7 Å². The molecule has 8 nitrogen and oxygen atoms in total. The molecule has 5 N–H and O–H groups in total. The fourth-order valence-electron chi connectivity index (χ4n) is 3.54. The van der Waals surface area contributed by atoms with Gasteiger partial charge in [-0.1, -0.05) is 24.3 Å². The van der Waals surface area contributed by atoms with Crippen LogP contribution in [0.25, 0.3) is 0 Å². The minimum absolute atomic E-state index is 0.203. The molecule has 31 heavy (non-hydrogen) atoms. The predicted octanol–water partition coefficient (Wildman–Crippen LogP) is 0.736. The molecule has 170 valence electrons. The minimum atomic E-state index is -1.55. The zero-order chi connectivity index (χ0) is 22.5. The summed E-state index contributed by atoms with van der Waals surface area (Å²) in [6.45, 7) is 3.71. The summed E-state index contributed by atoms with van der Waals surface area (Å²) in [4.78, 5) is 0. The summed E-state index contributed by atoms with van der Waals surface area (Å²) in [7, 11) is 0. The highest BCUT2D eigenvalue weighted by molar-refractivity contribution is 5.41. The Kier molecular flexibility index (Phi) is 7.88. The van der Waals surface area contributed by atoms with Crippen LogP contribution < -0.4 is 9.47 Å². The van der Waals surface area contributed by atoms with Gasteiger partial charge >= 0.3 is 0 Å². The number of benzene rings is 2. The average Bonchev–Trinajstić information content (AvgIpc) is 2.76. The molecule has 0 unspecified atom stereocenters. The van der Waals surface area contributed by atoms with Crippen LogP contribution in [0, 0.1) is 0 Å². The minimum Gasteiger partial charge on any atom is -0.494 e. The van der Waals surface area contributed by atoms with Crippen LogP contribution in [-0.2, 0) is 17.8 Å². The first-order valence-corrected chi connectivity index (χ1v) is 10.3. The van der Waals surface area contributed by atoms with Crippen molar-refractivity contribution in [2.75, 3.05) is 6.61 Å². The first-order valence-electron chi connectivity index (χ1n) is 10.3. The highest BCUT2D eigenvalue weighted by atomic mass is 16.7. The van der Waals surface area contributed by atoms with E-state index < -0.39 is 36.8 Å². The molecule has 0 aromatic heterocycles. The van der Waals surface area contributed by atoms with Crippen molar-refractivity contribution in [1.82, 2.24) is 0 Å². The second kappa shape index (κ2) is 10.4. The lowest BCUT2D eigenvalue weighted by Crippen LogP contribution is -2.61. The lowest BCUT2D eigenvalue weighted by atomic mass is 9.96. The van der Waals surface area contributed by atoms with E-state index in [1.165, 1.54) is 6.92 Å². The third kappa shape index (κ3) is 5.54. The highest BCUT2D eigenvalue weighted by Crippen LogP contribution is 2.30. The first-order chi connectivity index (χ1) is 14.8. The number of rotatable bonds is 8. The van der Waals surface area contributed by atoms with E-state index in [4.69, 9.17) is 14.2 Å². The Hall–Kier alpha value is -2.20. The van der Waals surface area contributed by atoms with Crippen molar-refractivity contribution in [3.05, 3.63) is 59.2 Å². The summed E-state index contributed by atoms with van der Waals surface area (Å²) in [5.41, 5.74) is 2.36. The van der Waals surface area contributed by atoms with Gasteiger partial charge in [-0.25, -0.2) is 0 Å². The lowest BCUT2D eigenvalue weighted by Gasteiger charge is -2.41. The van der Waals surface area contributed by atoms with Gasteiger partial charge in [0.2, 0.25) is 6.29 Å². The van der Waals surface area contributed by atoms with E-state index >= 15 is 0 Å². The molecule has 1 aliphatic rings. The second-order valence-corrected chi connectivity index (χ2v) is 7.65. The third-order valence-corrected chi connectivity index (χ3v) is 5.27. The molecule has 0 radical (unpaired) electrons. The van der Waals surface area contributed by atoms with Gasteiger partial charge in [-0.15, -0.1) is 0 Å². The van der Waals surface area contributed by atoms with E-state index in [0.717, 1.165) is 16.9 Å². The molecule has 0 bridgehead atoms. The lowest BCUT2D eigenvalue weighted by molar-refractivity contribution is -0.286. The Morgan fingerprint density at radius 2 is 1.65 bits per heavy atom. The van der Waals surface area contributed by atoms with E-state index in [2.05, 4.69) is 0 Å². The Labute approximate surface area is 181 Å². The fraction of sp³-hybridized carbons (Fsp3) is 0.478. The molecule has 1 aliphatic heterocycles. The average molecular weight is 434 g/mol. The number of hydrogen-bond donors (Lipinski definition) is 5. The molecule has 0 spiro atoms. The van der Waals surface area contributed by atoms with E-state index in [0.29, 0.717) is 24.3 Å². The van der Waals surface area contributed by atoms with Gasteiger partial charge in [0.1, 0.15) is 35.9 Å². The largest absolute Gasteiger partial charge is 0.494 e. The van der Waals surface area contributed by atoms with Crippen molar-refractivity contribution in [1.29, 1.82) is 0 Å². The van der Waals surface area contributed by atoms with Crippen molar-refractivity contribution >= 4 is 0 Å². The van der Waals surface area contributed by atoms with Gasteiger partial charge in [0.15, 0.2) is 0 Å². The van der Waals surface area contributed by atoms with Gasteiger partial charge in [0.05, 0.1) is 19.3 Å². The predicted molar refractivity (Wildman–Crippen MR) is 112 cm³/mol. The zero-order valence-corrected chi connectivity index (χ0v) is 17.6. The van der Waals surface area contributed by atoms with E-state index in [9.17, 15) is 25.5 Å². The molecular weight excluding hydrogens is 404 g/mol. The van der Waals surface area contributed by atoms with Crippen LogP contribution in [0.15, 0.2) is 42.5 Å². The molecule has 6 atom stereocenters. The SMILES string of the molecule is CCOc1ccc(Cc2ccc(CO)cc2O[C@@H]2O[C@H]([C@@H](C)O)[C@@H](O)[C@H](O)[C@H]2O)cc1. The molecule has 1 fully saturated rings. The van der Waals surface area contributed by atoms with E-state index in [-0.39, 0.29) is 6.61 Å². The maximum atomic E-state index is 10.4. The van der Waals surface area contributed by atoms with Crippen LogP contribution in [0.5, 0.6) is 11.5 Å². The summed E-state index contributed by atoms with van der Waals surface area (Å²) in [5.74, 6) is 1.13. The quantitative estimate of drug-likeness (QED) is 0.411. The van der Waals surface area contributed by atoms with Gasteiger partial charge in [-0.05, 0) is 48.7 Å². The van der Waals surface area contributed by atoms with Crippen molar-refractivity contribution in [2.24, 2.45) is 0 Å². The van der Waals surface area contributed by atoms with E-state index in [1.54, 1.807) is 12.1 Å². The van der Waals surface area contributed by atoms with Gasteiger partial charge in [-0.3, -0.25) is 0 Å². The number of ether oxygens (including phenoxy) is 3. The third-order valence-electron chi connectivity index (χ3n) is 5.27. The van der Waals surface area contributed by atoms with Crippen LogP contribution in [0.3, 0.4) is 0 Å². The van der Waals surface area contributed by atoms with Crippen LogP contribution in [0.4, 0.5) is 0 Å². The molecule has 0 saturated carbocycles. The molecule has 8 heteroatoms. The Morgan fingerprint density at radius 1 is 0.968 bits per heavy atom. The zero-order valence-electron chi connectivity index (χ0n) is 17.6. The number of aliphatic hydroxyl groups is 5. The summed E-state index contributed by atoms with van der Waals surface area (Å²) < 4.78 is 16.9. The maximum Gasteiger partial charge on any atom is 0.229 e. The Morgan fingerprint density at radius 3 is 2.26 bits per heavy atom. The van der Waals surface area contributed by atoms with Crippen molar-refractivity contribution in [3.63, 3.8) is 0 Å². The van der Waals surface area contributed by atoms with Gasteiger partial charge < -0.3 is 39.7 Å². The van der Waals surface area contributed by atoms with Gasteiger partial charge in [-0.2, -0.15) is 0 Å². The first kappa shape index (κ1) is 23.5. The summed E-state index contributed by atoms with van der Waals surface area (Å²) >= 11 is 0. The molecule has 3 rings (SSSR count). The van der Waals surface area contributed by atoms with Crippen LogP contribution >= 0.6 is 0 Å². The Balaban J connectivity index is 1.84. The normalized spacial score (nSPS) is 27.0. The number of aliphatic hydroxyl groups excluding tert-OH is 5. The molecule has 1 heterocycles. The molecule has 2 aromatic rings. The summed E-state index contributed by atoms with van der Waals surface area (Å²) in [6.07, 6.45) is -7.56. The second-order valence-electron chi connectivity index (χ2n) is 7.65. The monoisotopic (exact) mass is 434 g/mol. The fourth-order valence-corrected chi connectivity index (χ4v) is 3.54. The maximum absolute atomic E-state index is 10.4. The van der Waals surface area contributed by atoms with Crippen LogP contribution in [0.2, 0.25) is 0 Å². The van der Waals surface area contributed by atoms with Crippen LogP contribution in [-0.4, -0.2) is 68.9 Å².